The van der Waals surface area contributed by atoms with Crippen LogP contribution in [0.15, 0.2) is 47.1 Å². The molecule has 1 saturated heterocycles. The summed E-state index contributed by atoms with van der Waals surface area (Å²) in [6.45, 7) is 1.57. The summed E-state index contributed by atoms with van der Waals surface area (Å²) >= 11 is 0. The van der Waals surface area contributed by atoms with E-state index in [1.54, 1.807) is 30.3 Å². The van der Waals surface area contributed by atoms with E-state index in [1.807, 2.05) is 0 Å². The third kappa shape index (κ3) is 5.82. The smallest absolute Gasteiger partial charge is 0.471 e. The number of anilines is 2. The van der Waals surface area contributed by atoms with Gasteiger partial charge in [-0.3, -0.25) is 4.31 Å². The SMILES string of the molecule is Nc1cc(N2CCN(CCCCCOc3ccc(-c4noc(C(F)(F)F)n4)cc3)S2(=O)=O)ccn1. The van der Waals surface area contributed by atoms with Crippen molar-refractivity contribution in [1.82, 2.24) is 19.4 Å². The number of nitrogens with two attached hydrogens (primary N) is 1. The van der Waals surface area contributed by atoms with Gasteiger partial charge in [0.05, 0.1) is 12.3 Å². The van der Waals surface area contributed by atoms with E-state index in [0.717, 1.165) is 6.42 Å². The predicted octanol–water partition coefficient (Wildman–Crippen LogP) is 3.35. The van der Waals surface area contributed by atoms with Gasteiger partial charge in [0.2, 0.25) is 5.82 Å². The Hall–Kier alpha value is -3.39. The van der Waals surface area contributed by atoms with Crippen LogP contribution in [0.2, 0.25) is 0 Å². The van der Waals surface area contributed by atoms with Gasteiger partial charge < -0.3 is 15.0 Å². The van der Waals surface area contributed by atoms with Crippen molar-refractivity contribution in [3.63, 3.8) is 0 Å². The van der Waals surface area contributed by atoms with Crippen molar-refractivity contribution in [2.24, 2.45) is 0 Å². The number of alkyl halides is 3. The first-order chi connectivity index (χ1) is 16.6. The fourth-order valence-corrected chi connectivity index (χ4v) is 5.21. The average molecular weight is 513 g/mol. The molecule has 1 aliphatic rings. The highest BCUT2D eigenvalue weighted by molar-refractivity contribution is 7.90. The number of hydrogen-bond donors (Lipinski definition) is 1. The molecule has 0 aliphatic carbocycles. The van der Waals surface area contributed by atoms with Crippen LogP contribution in [0.1, 0.15) is 25.2 Å². The van der Waals surface area contributed by atoms with Crippen molar-refractivity contribution in [1.29, 1.82) is 0 Å². The molecule has 35 heavy (non-hydrogen) atoms. The minimum Gasteiger partial charge on any atom is -0.494 e. The molecule has 0 radical (unpaired) electrons. The summed E-state index contributed by atoms with van der Waals surface area (Å²) in [5.74, 6) is -0.755. The molecule has 1 aliphatic heterocycles. The fourth-order valence-electron chi connectivity index (χ4n) is 3.57. The van der Waals surface area contributed by atoms with Crippen molar-refractivity contribution in [2.75, 3.05) is 36.3 Å². The van der Waals surface area contributed by atoms with Gasteiger partial charge in [-0.1, -0.05) is 5.16 Å². The molecule has 2 aromatic heterocycles. The molecule has 3 aromatic rings. The second kappa shape index (κ2) is 10.1. The summed E-state index contributed by atoms with van der Waals surface area (Å²) in [5, 5.41) is 3.34. The Labute approximate surface area is 199 Å². The maximum absolute atomic E-state index is 12.8. The molecule has 2 N–H and O–H groups in total. The normalized spacial score (nSPS) is 16.0. The van der Waals surface area contributed by atoms with E-state index in [1.165, 1.54) is 20.9 Å². The summed E-state index contributed by atoms with van der Waals surface area (Å²) in [7, 11) is -3.59. The number of halogens is 3. The zero-order valence-corrected chi connectivity index (χ0v) is 19.3. The zero-order chi connectivity index (χ0) is 25.1. The third-order valence-corrected chi connectivity index (χ3v) is 7.28. The number of aromatic nitrogens is 3. The van der Waals surface area contributed by atoms with Crippen LogP contribution in [-0.4, -0.2) is 54.1 Å². The maximum atomic E-state index is 12.8. The van der Waals surface area contributed by atoms with Gasteiger partial charge in [0, 0.05) is 37.5 Å². The van der Waals surface area contributed by atoms with Crippen LogP contribution in [0.5, 0.6) is 5.75 Å². The number of rotatable bonds is 9. The highest BCUT2D eigenvalue weighted by Gasteiger charge is 2.38. The predicted molar refractivity (Wildman–Crippen MR) is 121 cm³/mol. The lowest BCUT2D eigenvalue weighted by atomic mass is 10.2. The van der Waals surface area contributed by atoms with Crippen molar-refractivity contribution >= 4 is 21.7 Å². The molecule has 14 heteroatoms. The molecule has 0 spiro atoms. The molecule has 188 valence electrons. The monoisotopic (exact) mass is 512 g/mol. The van der Waals surface area contributed by atoms with E-state index in [-0.39, 0.29) is 11.6 Å². The van der Waals surface area contributed by atoms with Crippen LogP contribution >= 0.6 is 0 Å². The minimum absolute atomic E-state index is 0.160. The molecule has 0 bridgehead atoms. The summed E-state index contributed by atoms with van der Waals surface area (Å²) < 4.78 is 76.0. The van der Waals surface area contributed by atoms with E-state index in [0.29, 0.717) is 56.1 Å². The Morgan fingerprint density at radius 2 is 1.86 bits per heavy atom. The standard InChI is InChI=1S/C21H23F3N6O4S/c22-21(23,24)20-27-19(28-34-20)15-4-6-17(7-5-15)33-13-3-1-2-10-29-11-12-30(35(29,31)32)16-8-9-26-18(25)14-16/h4-9,14H,1-3,10-13H2,(H2,25,26). The maximum Gasteiger partial charge on any atom is 0.471 e. The summed E-state index contributed by atoms with van der Waals surface area (Å²) in [6, 6.07) is 9.45. The molecular weight excluding hydrogens is 489 g/mol. The molecular formula is C21H23F3N6O4S. The summed E-state index contributed by atoms with van der Waals surface area (Å²) in [5.41, 5.74) is 6.53. The largest absolute Gasteiger partial charge is 0.494 e. The number of benzene rings is 1. The van der Waals surface area contributed by atoms with Gasteiger partial charge >= 0.3 is 22.3 Å². The molecule has 0 amide bonds. The number of hydrogen-bond acceptors (Lipinski definition) is 8. The van der Waals surface area contributed by atoms with E-state index >= 15 is 0 Å². The summed E-state index contributed by atoms with van der Waals surface area (Å²) in [4.78, 5) is 7.23. The van der Waals surface area contributed by atoms with Crippen molar-refractivity contribution in [3.8, 4) is 17.1 Å². The molecule has 3 heterocycles. The quantitative estimate of drug-likeness (QED) is 0.433. The van der Waals surface area contributed by atoms with E-state index in [2.05, 4.69) is 19.6 Å². The minimum atomic E-state index is -4.69. The molecule has 10 nitrogen and oxygen atoms in total. The van der Waals surface area contributed by atoms with E-state index < -0.39 is 22.3 Å². The molecule has 1 fully saturated rings. The van der Waals surface area contributed by atoms with Gasteiger partial charge in [-0.25, -0.2) is 4.98 Å². The second-order valence-corrected chi connectivity index (χ2v) is 9.63. The van der Waals surface area contributed by atoms with Gasteiger partial charge in [0.15, 0.2) is 0 Å². The van der Waals surface area contributed by atoms with Gasteiger partial charge in [-0.2, -0.15) is 30.9 Å². The highest BCUT2D eigenvalue weighted by atomic mass is 32.2. The molecule has 0 atom stereocenters. The van der Waals surface area contributed by atoms with Gasteiger partial charge in [0.1, 0.15) is 11.6 Å². The Morgan fingerprint density at radius 1 is 1.09 bits per heavy atom. The topological polar surface area (TPSA) is 128 Å². The van der Waals surface area contributed by atoms with E-state index in [9.17, 15) is 21.6 Å². The lowest BCUT2D eigenvalue weighted by Crippen LogP contribution is -2.33. The van der Waals surface area contributed by atoms with Crippen LogP contribution in [0.4, 0.5) is 24.7 Å². The number of nitrogen functional groups attached to an aromatic ring is 1. The highest BCUT2D eigenvalue weighted by Crippen LogP contribution is 2.30. The first-order valence-electron chi connectivity index (χ1n) is 10.8. The Balaban J connectivity index is 1.19. The van der Waals surface area contributed by atoms with Crippen molar-refractivity contribution in [2.45, 2.75) is 25.4 Å². The van der Waals surface area contributed by atoms with Crippen LogP contribution in [0, 0.1) is 0 Å². The fraction of sp³-hybridized carbons (Fsp3) is 0.381. The second-order valence-electron chi connectivity index (χ2n) is 7.77. The molecule has 0 saturated carbocycles. The van der Waals surface area contributed by atoms with Crippen LogP contribution < -0.4 is 14.8 Å². The zero-order valence-electron chi connectivity index (χ0n) is 18.5. The van der Waals surface area contributed by atoms with Crippen LogP contribution in [0.25, 0.3) is 11.4 Å². The lowest BCUT2D eigenvalue weighted by Gasteiger charge is -2.20. The van der Waals surface area contributed by atoms with Crippen molar-refractivity contribution in [3.05, 3.63) is 48.5 Å². The Bertz CT molecular complexity index is 1250. The van der Waals surface area contributed by atoms with Crippen LogP contribution in [0.3, 0.4) is 0 Å². The van der Waals surface area contributed by atoms with Gasteiger partial charge in [-0.15, -0.1) is 0 Å². The van der Waals surface area contributed by atoms with E-state index in [4.69, 9.17) is 10.5 Å². The lowest BCUT2D eigenvalue weighted by molar-refractivity contribution is -0.159. The first-order valence-corrected chi connectivity index (χ1v) is 12.2. The Morgan fingerprint density at radius 3 is 2.54 bits per heavy atom. The van der Waals surface area contributed by atoms with Crippen LogP contribution in [-0.2, 0) is 16.4 Å². The molecule has 0 unspecified atom stereocenters. The van der Waals surface area contributed by atoms with Gasteiger partial charge in [-0.05, 0) is 49.6 Å². The number of nitrogens with zero attached hydrogens (tertiary/aromatic N) is 5. The number of ether oxygens (including phenoxy) is 1. The van der Waals surface area contributed by atoms with Crippen molar-refractivity contribution < 1.29 is 30.8 Å². The number of unbranched alkanes of at least 4 members (excludes halogenated alkanes) is 2. The Kier molecular flexibility index (Phi) is 7.12. The molecule has 4 rings (SSSR count). The summed E-state index contributed by atoms with van der Waals surface area (Å²) in [6.07, 6.45) is -1.07. The average Bonchev–Trinajstić information content (AvgIpc) is 3.41. The third-order valence-electron chi connectivity index (χ3n) is 5.31. The number of pyridine rings is 1. The first kappa shape index (κ1) is 24.7. The molecule has 1 aromatic carbocycles. The van der Waals surface area contributed by atoms with Gasteiger partial charge in [0.25, 0.3) is 0 Å².